The monoisotopic (exact) mass is 136 g/mol. The van der Waals surface area contributed by atoms with Crippen molar-refractivity contribution in [1.29, 1.82) is 0 Å². The zero-order valence-electron chi connectivity index (χ0n) is 5.89. The Labute approximate surface area is 60.0 Å². The van der Waals surface area contributed by atoms with Crippen molar-refractivity contribution in [3.05, 3.63) is 41.7 Å². The lowest BCUT2D eigenvalue weighted by Gasteiger charge is -1.97. The maximum absolute atomic E-state index is 12.4. The van der Waals surface area contributed by atoms with Gasteiger partial charge in [0.25, 0.3) is 0 Å². The Morgan fingerprint density at radius 2 is 2.20 bits per heavy atom. The molecule has 0 aliphatic carbocycles. The first-order chi connectivity index (χ1) is 4.74. The average molecular weight is 136 g/mol. The highest BCUT2D eigenvalue weighted by Crippen LogP contribution is 2.10. The lowest BCUT2D eigenvalue weighted by Crippen LogP contribution is -1.81. The van der Waals surface area contributed by atoms with E-state index >= 15 is 0 Å². The van der Waals surface area contributed by atoms with Crippen LogP contribution in [-0.4, -0.2) is 0 Å². The molecular weight excluding hydrogens is 127 g/mol. The summed E-state index contributed by atoms with van der Waals surface area (Å²) in [6.45, 7) is 5.46. The molecule has 1 aromatic carbocycles. The highest BCUT2D eigenvalue weighted by Gasteiger charge is 1.93. The third-order valence-corrected chi connectivity index (χ3v) is 1.45. The van der Waals surface area contributed by atoms with Crippen LogP contribution in [0.2, 0.25) is 0 Å². The summed E-state index contributed by atoms with van der Waals surface area (Å²) in [6, 6.07) is 4.65. The van der Waals surface area contributed by atoms with Gasteiger partial charge >= 0.3 is 0 Å². The van der Waals surface area contributed by atoms with Gasteiger partial charge in [-0.2, -0.15) is 0 Å². The minimum atomic E-state index is -0.192. The Bertz CT molecular complexity index is 251. The first-order valence-electron chi connectivity index (χ1n) is 3.12. The van der Waals surface area contributed by atoms with Gasteiger partial charge in [-0.1, -0.05) is 18.7 Å². The highest BCUT2D eigenvalue weighted by molar-refractivity contribution is 5.51. The summed E-state index contributed by atoms with van der Waals surface area (Å²) in [5.74, 6) is -0.192. The molecule has 0 nitrogen and oxygen atoms in total. The molecule has 0 saturated heterocycles. The second-order valence-electron chi connectivity index (χ2n) is 2.21. The quantitative estimate of drug-likeness (QED) is 0.556. The topological polar surface area (TPSA) is 0 Å². The molecule has 1 aromatic rings. The summed E-state index contributed by atoms with van der Waals surface area (Å²) < 4.78 is 12.4. The molecule has 0 heterocycles. The fourth-order valence-corrected chi connectivity index (χ4v) is 0.868. The number of halogens is 1. The van der Waals surface area contributed by atoms with Gasteiger partial charge in [-0.3, -0.25) is 0 Å². The van der Waals surface area contributed by atoms with Crippen LogP contribution in [-0.2, 0) is 0 Å². The molecule has 0 N–H and O–H groups in total. The molecule has 0 aromatic heterocycles. The van der Waals surface area contributed by atoms with Crippen molar-refractivity contribution in [3.8, 4) is 0 Å². The summed E-state index contributed by atoms with van der Waals surface area (Å²) in [7, 11) is 0. The third kappa shape index (κ3) is 1.24. The Morgan fingerprint density at radius 1 is 1.50 bits per heavy atom. The molecular formula is C9H9F. The van der Waals surface area contributed by atoms with E-state index in [1.165, 1.54) is 12.1 Å². The number of hydrogen-bond donors (Lipinski definition) is 0. The van der Waals surface area contributed by atoms with Crippen molar-refractivity contribution in [2.75, 3.05) is 0 Å². The molecule has 0 radical (unpaired) electrons. The van der Waals surface area contributed by atoms with Crippen molar-refractivity contribution in [1.82, 2.24) is 0 Å². The lowest BCUT2D eigenvalue weighted by atomic mass is 10.1. The molecule has 0 amide bonds. The predicted molar refractivity (Wildman–Crippen MR) is 41.2 cm³/mol. The first kappa shape index (κ1) is 7.00. The van der Waals surface area contributed by atoms with E-state index in [9.17, 15) is 4.39 Å². The van der Waals surface area contributed by atoms with Crippen molar-refractivity contribution >= 4 is 6.08 Å². The largest absolute Gasteiger partial charge is 0.207 e. The maximum Gasteiger partial charge on any atom is 0.123 e. The number of rotatable bonds is 1. The summed E-state index contributed by atoms with van der Waals surface area (Å²) in [4.78, 5) is 0. The van der Waals surface area contributed by atoms with E-state index in [2.05, 4.69) is 6.58 Å². The van der Waals surface area contributed by atoms with Gasteiger partial charge in [0.2, 0.25) is 0 Å². The molecule has 0 saturated carbocycles. The third-order valence-electron chi connectivity index (χ3n) is 1.45. The SMILES string of the molecule is C=Cc1ccc(F)cc1C. The van der Waals surface area contributed by atoms with Gasteiger partial charge in [0.15, 0.2) is 0 Å². The van der Waals surface area contributed by atoms with Gasteiger partial charge in [0.1, 0.15) is 5.82 Å². The van der Waals surface area contributed by atoms with Gasteiger partial charge in [0.05, 0.1) is 0 Å². The van der Waals surface area contributed by atoms with Crippen LogP contribution >= 0.6 is 0 Å². The Morgan fingerprint density at radius 3 is 2.70 bits per heavy atom. The van der Waals surface area contributed by atoms with Crippen molar-refractivity contribution in [2.24, 2.45) is 0 Å². The minimum absolute atomic E-state index is 0.192. The number of benzene rings is 1. The molecule has 0 atom stereocenters. The van der Waals surface area contributed by atoms with Gasteiger partial charge in [0, 0.05) is 0 Å². The van der Waals surface area contributed by atoms with E-state index in [0.717, 1.165) is 11.1 Å². The molecule has 0 spiro atoms. The molecule has 1 rings (SSSR count). The van der Waals surface area contributed by atoms with E-state index in [0.29, 0.717) is 0 Å². The Balaban J connectivity index is 3.19. The second-order valence-corrected chi connectivity index (χ2v) is 2.21. The summed E-state index contributed by atoms with van der Waals surface area (Å²) in [5.41, 5.74) is 1.91. The summed E-state index contributed by atoms with van der Waals surface area (Å²) in [6.07, 6.45) is 1.72. The lowest BCUT2D eigenvalue weighted by molar-refractivity contribution is 0.626. The first-order valence-corrected chi connectivity index (χ1v) is 3.12. The molecule has 0 aliphatic rings. The van der Waals surface area contributed by atoms with Crippen LogP contribution in [0.5, 0.6) is 0 Å². The minimum Gasteiger partial charge on any atom is -0.207 e. The number of aryl methyl sites for hydroxylation is 1. The van der Waals surface area contributed by atoms with Crippen LogP contribution in [0.15, 0.2) is 24.8 Å². The van der Waals surface area contributed by atoms with Crippen LogP contribution in [0.25, 0.3) is 6.08 Å². The highest BCUT2D eigenvalue weighted by atomic mass is 19.1. The van der Waals surface area contributed by atoms with Gasteiger partial charge in [-0.05, 0) is 30.2 Å². The normalized spacial score (nSPS) is 9.40. The second kappa shape index (κ2) is 2.65. The molecule has 0 unspecified atom stereocenters. The molecule has 0 bridgehead atoms. The Kier molecular flexibility index (Phi) is 1.86. The zero-order chi connectivity index (χ0) is 7.56. The summed E-state index contributed by atoms with van der Waals surface area (Å²) >= 11 is 0. The van der Waals surface area contributed by atoms with E-state index in [4.69, 9.17) is 0 Å². The van der Waals surface area contributed by atoms with E-state index in [-0.39, 0.29) is 5.82 Å². The van der Waals surface area contributed by atoms with Crippen molar-refractivity contribution < 1.29 is 4.39 Å². The average Bonchev–Trinajstić information content (AvgIpc) is 1.88. The number of hydrogen-bond acceptors (Lipinski definition) is 0. The fraction of sp³-hybridized carbons (Fsp3) is 0.111. The maximum atomic E-state index is 12.4. The predicted octanol–water partition coefficient (Wildman–Crippen LogP) is 2.78. The van der Waals surface area contributed by atoms with Crippen LogP contribution in [0.4, 0.5) is 4.39 Å². The van der Waals surface area contributed by atoms with Crippen LogP contribution in [0.3, 0.4) is 0 Å². The fourth-order valence-electron chi connectivity index (χ4n) is 0.868. The summed E-state index contributed by atoms with van der Waals surface area (Å²) in [5, 5.41) is 0. The Hall–Kier alpha value is -1.11. The van der Waals surface area contributed by atoms with Gasteiger partial charge in [-0.15, -0.1) is 0 Å². The molecule has 1 heteroatoms. The standard InChI is InChI=1S/C9H9F/c1-3-8-4-5-9(10)6-7(8)2/h3-6H,1H2,2H3. The van der Waals surface area contributed by atoms with Gasteiger partial charge in [-0.25, -0.2) is 4.39 Å². The van der Waals surface area contributed by atoms with Crippen LogP contribution < -0.4 is 0 Å². The van der Waals surface area contributed by atoms with Gasteiger partial charge < -0.3 is 0 Å². The molecule has 0 fully saturated rings. The van der Waals surface area contributed by atoms with E-state index in [1.54, 1.807) is 12.1 Å². The van der Waals surface area contributed by atoms with E-state index in [1.807, 2.05) is 6.92 Å². The van der Waals surface area contributed by atoms with Crippen molar-refractivity contribution in [2.45, 2.75) is 6.92 Å². The molecule has 10 heavy (non-hydrogen) atoms. The molecule has 0 aliphatic heterocycles. The smallest absolute Gasteiger partial charge is 0.123 e. The van der Waals surface area contributed by atoms with Crippen molar-refractivity contribution in [3.63, 3.8) is 0 Å². The zero-order valence-corrected chi connectivity index (χ0v) is 5.89. The molecule has 52 valence electrons. The van der Waals surface area contributed by atoms with E-state index < -0.39 is 0 Å². The van der Waals surface area contributed by atoms with Crippen LogP contribution in [0, 0.1) is 12.7 Å². The van der Waals surface area contributed by atoms with Crippen LogP contribution in [0.1, 0.15) is 11.1 Å².